The van der Waals surface area contributed by atoms with E-state index < -0.39 is 0 Å². The molecule has 0 bridgehead atoms. The van der Waals surface area contributed by atoms with Crippen molar-refractivity contribution in [2.24, 2.45) is 0 Å². The van der Waals surface area contributed by atoms with Gasteiger partial charge in [-0.3, -0.25) is 5.10 Å². The normalized spacial score (nSPS) is 10.5. The van der Waals surface area contributed by atoms with Gasteiger partial charge in [0.1, 0.15) is 0 Å². The molecular weight excluding hydrogens is 126 g/mol. The number of H-pyrrole nitrogens is 1. The van der Waals surface area contributed by atoms with Gasteiger partial charge in [-0.15, -0.1) is 0 Å². The summed E-state index contributed by atoms with van der Waals surface area (Å²) in [4.78, 5) is 4.22. The first-order valence-electron chi connectivity index (χ1n) is 3.13. The largest absolute Gasteiger partial charge is 0.261 e. The first-order chi connectivity index (χ1) is 4.86. The Morgan fingerprint density at radius 1 is 1.50 bits per heavy atom. The van der Waals surface area contributed by atoms with Gasteiger partial charge in [0.05, 0.1) is 6.20 Å². The van der Waals surface area contributed by atoms with E-state index in [9.17, 15) is 0 Å². The smallest absolute Gasteiger partial charge is 0.155 e. The maximum absolute atomic E-state index is 4.22. The Bertz CT molecular complexity index is 355. The Hall–Kier alpha value is -1.38. The predicted octanol–water partition coefficient (Wildman–Crippen LogP) is 1.51. The van der Waals surface area contributed by atoms with Crippen LogP contribution in [-0.2, 0) is 0 Å². The molecule has 0 saturated heterocycles. The summed E-state index contributed by atoms with van der Waals surface area (Å²) in [7, 11) is 0. The van der Waals surface area contributed by atoms with Crippen LogP contribution in [-0.4, -0.2) is 15.2 Å². The molecule has 0 unspecified atom stereocenters. The van der Waals surface area contributed by atoms with Gasteiger partial charge in [-0.05, 0) is 19.1 Å². The number of aromatic amines is 1. The molecule has 0 aliphatic heterocycles. The summed E-state index contributed by atoms with van der Waals surface area (Å²) in [6.07, 6.45) is 1.77. The van der Waals surface area contributed by atoms with Gasteiger partial charge in [-0.25, -0.2) is 4.98 Å². The molecule has 0 amide bonds. The summed E-state index contributed by atoms with van der Waals surface area (Å²) < 4.78 is 0. The van der Waals surface area contributed by atoms with Crippen molar-refractivity contribution < 1.29 is 1.43 Å². The summed E-state index contributed by atoms with van der Waals surface area (Å²) in [5, 5.41) is 7.71. The monoisotopic (exact) mass is 135 g/mol. The molecular formula is C7H9N3. The molecule has 3 heteroatoms. The number of rotatable bonds is 0. The molecule has 10 heavy (non-hydrogen) atoms. The summed E-state index contributed by atoms with van der Waals surface area (Å²) in [5.74, 6) is 0. The second-order valence-corrected chi connectivity index (χ2v) is 2.26. The third-order valence-electron chi connectivity index (χ3n) is 1.44. The van der Waals surface area contributed by atoms with Crippen LogP contribution in [0.5, 0.6) is 0 Å². The third-order valence-corrected chi connectivity index (χ3v) is 1.44. The number of pyridine rings is 1. The standard InChI is InChI=1S/C7H7N3.H2/c1-5-2-3-6-4-8-10-7(6)9-5;/h2-4H,1H3,(H,8,9,10);1H. The Kier molecular flexibility index (Phi) is 0.974. The number of aromatic nitrogens is 3. The minimum atomic E-state index is 0. The maximum atomic E-state index is 4.22. The average molecular weight is 135 g/mol. The zero-order valence-electron chi connectivity index (χ0n) is 5.63. The molecule has 52 valence electrons. The fourth-order valence-electron chi connectivity index (χ4n) is 0.924. The molecule has 0 aliphatic carbocycles. The van der Waals surface area contributed by atoms with Crippen molar-refractivity contribution in [1.82, 2.24) is 15.2 Å². The Labute approximate surface area is 59.6 Å². The lowest BCUT2D eigenvalue weighted by molar-refractivity contribution is 1.09. The lowest BCUT2D eigenvalue weighted by Gasteiger charge is -1.88. The molecule has 0 saturated carbocycles. The van der Waals surface area contributed by atoms with Crippen molar-refractivity contribution in [2.45, 2.75) is 6.92 Å². The van der Waals surface area contributed by atoms with Gasteiger partial charge in [-0.1, -0.05) is 0 Å². The van der Waals surface area contributed by atoms with E-state index in [1.165, 1.54) is 0 Å². The summed E-state index contributed by atoms with van der Waals surface area (Å²) in [6.45, 7) is 1.96. The van der Waals surface area contributed by atoms with E-state index in [0.717, 1.165) is 16.7 Å². The molecule has 0 radical (unpaired) electrons. The lowest BCUT2D eigenvalue weighted by Crippen LogP contribution is -1.79. The van der Waals surface area contributed by atoms with Crippen LogP contribution in [0.4, 0.5) is 0 Å². The zero-order chi connectivity index (χ0) is 6.97. The molecule has 2 aromatic heterocycles. The quantitative estimate of drug-likeness (QED) is 0.595. The van der Waals surface area contributed by atoms with E-state index >= 15 is 0 Å². The molecule has 2 aromatic rings. The Morgan fingerprint density at radius 3 is 3.30 bits per heavy atom. The molecule has 2 heterocycles. The lowest BCUT2D eigenvalue weighted by atomic mass is 10.3. The van der Waals surface area contributed by atoms with Gasteiger partial charge < -0.3 is 0 Å². The second-order valence-electron chi connectivity index (χ2n) is 2.26. The average Bonchev–Trinajstić information content (AvgIpc) is 2.33. The van der Waals surface area contributed by atoms with Crippen molar-refractivity contribution >= 4 is 11.0 Å². The van der Waals surface area contributed by atoms with E-state index in [0.29, 0.717) is 0 Å². The van der Waals surface area contributed by atoms with E-state index in [1.807, 2.05) is 19.1 Å². The van der Waals surface area contributed by atoms with Crippen LogP contribution in [0.15, 0.2) is 18.3 Å². The van der Waals surface area contributed by atoms with Crippen molar-refractivity contribution in [3.05, 3.63) is 24.0 Å². The summed E-state index contributed by atoms with van der Waals surface area (Å²) in [6, 6.07) is 3.97. The number of aryl methyl sites for hydroxylation is 1. The van der Waals surface area contributed by atoms with E-state index in [1.54, 1.807) is 6.20 Å². The topological polar surface area (TPSA) is 41.6 Å². The molecule has 0 atom stereocenters. The molecule has 0 aliphatic rings. The highest BCUT2D eigenvalue weighted by atomic mass is 15.1. The van der Waals surface area contributed by atoms with Gasteiger partial charge in [0.25, 0.3) is 0 Å². The van der Waals surface area contributed by atoms with Crippen LogP contribution >= 0.6 is 0 Å². The van der Waals surface area contributed by atoms with E-state index in [4.69, 9.17) is 0 Å². The summed E-state index contributed by atoms with van der Waals surface area (Å²) >= 11 is 0. The number of fused-ring (bicyclic) bond motifs is 1. The number of hydrogen-bond acceptors (Lipinski definition) is 2. The van der Waals surface area contributed by atoms with Crippen molar-refractivity contribution in [3.8, 4) is 0 Å². The van der Waals surface area contributed by atoms with Crippen molar-refractivity contribution in [1.29, 1.82) is 0 Å². The van der Waals surface area contributed by atoms with Gasteiger partial charge in [0.15, 0.2) is 5.65 Å². The Morgan fingerprint density at radius 2 is 2.40 bits per heavy atom. The first kappa shape index (κ1) is 5.41. The van der Waals surface area contributed by atoms with E-state index in [2.05, 4.69) is 15.2 Å². The minimum Gasteiger partial charge on any atom is -0.261 e. The SMILES string of the molecule is Cc1ccc2cn[nH]c2n1.[HH]. The highest BCUT2D eigenvalue weighted by Gasteiger charge is 1.93. The molecule has 3 nitrogen and oxygen atoms in total. The number of nitrogens with zero attached hydrogens (tertiary/aromatic N) is 2. The van der Waals surface area contributed by atoms with Crippen molar-refractivity contribution in [2.75, 3.05) is 0 Å². The van der Waals surface area contributed by atoms with Crippen LogP contribution in [0.2, 0.25) is 0 Å². The fourth-order valence-corrected chi connectivity index (χ4v) is 0.924. The van der Waals surface area contributed by atoms with Gasteiger partial charge in [0, 0.05) is 12.5 Å². The number of hydrogen-bond donors (Lipinski definition) is 1. The minimum absolute atomic E-state index is 0. The van der Waals surface area contributed by atoms with Crippen LogP contribution in [0.25, 0.3) is 11.0 Å². The highest BCUT2D eigenvalue weighted by Crippen LogP contribution is 2.06. The predicted molar refractivity (Wildman–Crippen MR) is 40.7 cm³/mol. The molecule has 0 fully saturated rings. The molecule has 0 aromatic carbocycles. The van der Waals surface area contributed by atoms with Crippen molar-refractivity contribution in [3.63, 3.8) is 0 Å². The maximum Gasteiger partial charge on any atom is 0.155 e. The third kappa shape index (κ3) is 0.673. The summed E-state index contributed by atoms with van der Waals surface area (Å²) in [5.41, 5.74) is 1.87. The fraction of sp³-hybridized carbons (Fsp3) is 0.143. The molecule has 1 N–H and O–H groups in total. The molecule has 0 spiro atoms. The van der Waals surface area contributed by atoms with Gasteiger partial charge in [-0.2, -0.15) is 5.10 Å². The van der Waals surface area contributed by atoms with Crippen LogP contribution < -0.4 is 0 Å². The molecule has 2 rings (SSSR count). The van der Waals surface area contributed by atoms with Gasteiger partial charge >= 0.3 is 0 Å². The Balaban J connectivity index is 0.000000605. The zero-order valence-corrected chi connectivity index (χ0v) is 5.63. The first-order valence-corrected chi connectivity index (χ1v) is 3.13. The van der Waals surface area contributed by atoms with Gasteiger partial charge in [0.2, 0.25) is 0 Å². The highest BCUT2D eigenvalue weighted by molar-refractivity contribution is 5.73. The number of nitrogens with one attached hydrogen (secondary N) is 1. The van der Waals surface area contributed by atoms with Crippen LogP contribution in [0, 0.1) is 6.92 Å². The van der Waals surface area contributed by atoms with Crippen LogP contribution in [0.1, 0.15) is 7.12 Å². The van der Waals surface area contributed by atoms with Crippen LogP contribution in [0.3, 0.4) is 0 Å². The second kappa shape index (κ2) is 1.80. The van der Waals surface area contributed by atoms with E-state index in [-0.39, 0.29) is 1.43 Å².